The van der Waals surface area contributed by atoms with E-state index in [9.17, 15) is 9.18 Å². The van der Waals surface area contributed by atoms with Gasteiger partial charge in [-0.3, -0.25) is 14.6 Å². The van der Waals surface area contributed by atoms with Crippen molar-refractivity contribution in [3.05, 3.63) is 48.3 Å². The summed E-state index contributed by atoms with van der Waals surface area (Å²) in [6, 6.07) is 11.7. The number of ether oxygens (including phenoxy) is 3. The first-order chi connectivity index (χ1) is 15.1. The number of methoxy groups -OCH3 is 1. The maximum Gasteiger partial charge on any atom is 0.266 e. The van der Waals surface area contributed by atoms with E-state index >= 15 is 0 Å². The van der Waals surface area contributed by atoms with E-state index in [0.29, 0.717) is 37.2 Å². The van der Waals surface area contributed by atoms with Gasteiger partial charge in [-0.15, -0.1) is 0 Å². The van der Waals surface area contributed by atoms with Crippen LogP contribution in [0.4, 0.5) is 9.52 Å². The molecule has 1 aliphatic rings. The normalized spacial score (nSPS) is 14.5. The topological polar surface area (TPSA) is 64.1 Å². The van der Waals surface area contributed by atoms with Gasteiger partial charge in [0, 0.05) is 32.2 Å². The first-order valence-electron chi connectivity index (χ1n) is 10.1. The van der Waals surface area contributed by atoms with Crippen molar-refractivity contribution in [1.82, 2.24) is 9.88 Å². The number of morpholine rings is 1. The average Bonchev–Trinajstić information content (AvgIpc) is 3.22. The van der Waals surface area contributed by atoms with Crippen molar-refractivity contribution >= 4 is 32.6 Å². The van der Waals surface area contributed by atoms with Crippen molar-refractivity contribution in [3.63, 3.8) is 0 Å². The van der Waals surface area contributed by atoms with Crippen LogP contribution in [0.5, 0.6) is 11.5 Å². The third-order valence-corrected chi connectivity index (χ3v) is 6.11. The summed E-state index contributed by atoms with van der Waals surface area (Å²) in [6.45, 7) is 3.89. The van der Waals surface area contributed by atoms with Crippen LogP contribution in [0.1, 0.15) is 0 Å². The number of hydrogen-bond acceptors (Lipinski definition) is 7. The number of benzene rings is 2. The highest BCUT2D eigenvalue weighted by Gasteiger charge is 2.22. The molecule has 0 spiro atoms. The molecule has 0 aliphatic carbocycles. The number of carbonyl (C=O) groups is 1. The third-order valence-electron chi connectivity index (χ3n) is 5.05. The molecule has 0 bridgehead atoms. The van der Waals surface area contributed by atoms with Crippen molar-refractivity contribution in [1.29, 1.82) is 0 Å². The van der Waals surface area contributed by atoms with Crippen LogP contribution < -0.4 is 14.4 Å². The van der Waals surface area contributed by atoms with Crippen LogP contribution in [0.2, 0.25) is 0 Å². The number of carbonyl (C=O) groups excluding carboxylic acids is 1. The zero-order valence-corrected chi connectivity index (χ0v) is 18.1. The minimum atomic E-state index is -0.498. The monoisotopic (exact) mass is 445 g/mol. The van der Waals surface area contributed by atoms with Gasteiger partial charge >= 0.3 is 0 Å². The Morgan fingerprint density at radius 1 is 1.26 bits per heavy atom. The fourth-order valence-corrected chi connectivity index (χ4v) is 4.30. The molecule has 0 radical (unpaired) electrons. The fourth-order valence-electron chi connectivity index (χ4n) is 3.31. The van der Waals surface area contributed by atoms with E-state index in [-0.39, 0.29) is 18.3 Å². The van der Waals surface area contributed by atoms with E-state index in [1.807, 2.05) is 18.2 Å². The molecule has 0 N–H and O–H groups in total. The Labute approximate surface area is 183 Å². The largest absolute Gasteiger partial charge is 0.497 e. The lowest BCUT2D eigenvalue weighted by molar-refractivity contribution is -0.120. The summed E-state index contributed by atoms with van der Waals surface area (Å²) in [5.74, 6) is -0.0128. The lowest BCUT2D eigenvalue weighted by Crippen LogP contribution is -2.44. The Morgan fingerprint density at radius 3 is 2.84 bits per heavy atom. The second-order valence-corrected chi connectivity index (χ2v) is 8.06. The second-order valence-electron chi connectivity index (χ2n) is 7.05. The summed E-state index contributed by atoms with van der Waals surface area (Å²) in [5, 5.41) is 0.582. The SMILES string of the molecule is COc1ccc2sc(N(CCN3CCOCC3)C(=O)COc3ccccc3F)nc2c1. The number of halogens is 1. The van der Waals surface area contributed by atoms with Gasteiger partial charge in [0.2, 0.25) is 0 Å². The van der Waals surface area contributed by atoms with Gasteiger partial charge < -0.3 is 14.2 Å². The Morgan fingerprint density at radius 2 is 2.06 bits per heavy atom. The summed E-state index contributed by atoms with van der Waals surface area (Å²) in [6.07, 6.45) is 0. The van der Waals surface area contributed by atoms with Gasteiger partial charge in [-0.25, -0.2) is 9.37 Å². The molecule has 4 rings (SSSR count). The van der Waals surface area contributed by atoms with Gasteiger partial charge in [0.25, 0.3) is 5.91 Å². The maximum absolute atomic E-state index is 13.9. The number of nitrogens with zero attached hydrogens (tertiary/aromatic N) is 3. The first kappa shape index (κ1) is 21.5. The summed E-state index contributed by atoms with van der Waals surface area (Å²) >= 11 is 1.43. The van der Waals surface area contributed by atoms with Gasteiger partial charge in [0.1, 0.15) is 5.75 Å². The van der Waals surface area contributed by atoms with Gasteiger partial charge in [0.15, 0.2) is 23.3 Å². The fraction of sp³-hybridized carbons (Fsp3) is 0.364. The van der Waals surface area contributed by atoms with E-state index in [4.69, 9.17) is 14.2 Å². The molecular formula is C22H24FN3O4S. The van der Waals surface area contributed by atoms with Crippen molar-refractivity contribution in [2.45, 2.75) is 0 Å². The molecule has 1 saturated heterocycles. The second kappa shape index (κ2) is 10.0. The average molecular weight is 446 g/mol. The number of thiazole rings is 1. The molecule has 164 valence electrons. The Hall–Kier alpha value is -2.75. The number of para-hydroxylation sites is 1. The number of fused-ring (bicyclic) bond motifs is 1. The summed E-state index contributed by atoms with van der Waals surface area (Å²) in [7, 11) is 1.60. The van der Waals surface area contributed by atoms with E-state index in [2.05, 4.69) is 9.88 Å². The molecule has 0 saturated carbocycles. The molecule has 0 unspecified atom stereocenters. The molecule has 9 heteroatoms. The van der Waals surface area contributed by atoms with E-state index < -0.39 is 5.82 Å². The molecule has 7 nitrogen and oxygen atoms in total. The predicted octanol–water partition coefficient (Wildman–Crippen LogP) is 3.19. The van der Waals surface area contributed by atoms with Crippen molar-refractivity contribution in [2.24, 2.45) is 0 Å². The van der Waals surface area contributed by atoms with Gasteiger partial charge in [-0.1, -0.05) is 23.5 Å². The summed E-state index contributed by atoms with van der Waals surface area (Å²) in [5.41, 5.74) is 0.763. The van der Waals surface area contributed by atoms with E-state index in [1.165, 1.54) is 23.5 Å². The molecule has 0 atom stereocenters. The maximum atomic E-state index is 13.9. The zero-order valence-electron chi connectivity index (χ0n) is 17.3. The van der Waals surface area contributed by atoms with Crippen LogP contribution >= 0.6 is 11.3 Å². The van der Waals surface area contributed by atoms with Crippen LogP contribution in [0, 0.1) is 5.82 Å². The van der Waals surface area contributed by atoms with E-state index in [1.54, 1.807) is 24.1 Å². The third kappa shape index (κ3) is 5.30. The van der Waals surface area contributed by atoms with Gasteiger partial charge in [-0.2, -0.15) is 0 Å². The Balaban J connectivity index is 1.52. The quantitative estimate of drug-likeness (QED) is 0.531. The molecule has 3 aromatic rings. The molecule has 1 fully saturated rings. The molecule has 31 heavy (non-hydrogen) atoms. The van der Waals surface area contributed by atoms with Gasteiger partial charge in [0.05, 0.1) is 30.5 Å². The zero-order chi connectivity index (χ0) is 21.6. The Bertz CT molecular complexity index is 1040. The number of amides is 1. The number of aromatic nitrogens is 1. The van der Waals surface area contributed by atoms with Crippen LogP contribution in [0.3, 0.4) is 0 Å². The van der Waals surface area contributed by atoms with Crippen LogP contribution in [0.15, 0.2) is 42.5 Å². The van der Waals surface area contributed by atoms with Crippen molar-refractivity contribution < 1.29 is 23.4 Å². The minimum Gasteiger partial charge on any atom is -0.497 e. The highest BCUT2D eigenvalue weighted by atomic mass is 32.1. The molecular weight excluding hydrogens is 421 g/mol. The molecule has 1 amide bonds. The number of anilines is 1. The highest BCUT2D eigenvalue weighted by molar-refractivity contribution is 7.22. The number of hydrogen-bond donors (Lipinski definition) is 0. The lowest BCUT2D eigenvalue weighted by Gasteiger charge is -2.29. The molecule has 2 heterocycles. The standard InChI is InChI=1S/C22H24FN3O4S/c1-28-16-6-7-20-18(14-16)24-22(31-20)26(9-8-25-10-12-29-13-11-25)21(27)15-30-19-5-3-2-4-17(19)23/h2-7,14H,8-13,15H2,1H3. The first-order valence-corrected chi connectivity index (χ1v) is 10.9. The molecule has 1 aromatic heterocycles. The smallest absolute Gasteiger partial charge is 0.266 e. The van der Waals surface area contributed by atoms with Crippen LogP contribution in [0.25, 0.3) is 10.2 Å². The van der Waals surface area contributed by atoms with Crippen LogP contribution in [-0.2, 0) is 9.53 Å². The summed E-state index contributed by atoms with van der Waals surface area (Å²) in [4.78, 5) is 21.6. The molecule has 2 aromatic carbocycles. The Kier molecular flexibility index (Phi) is 6.96. The predicted molar refractivity (Wildman–Crippen MR) is 118 cm³/mol. The van der Waals surface area contributed by atoms with Crippen molar-refractivity contribution in [2.75, 3.05) is 58.0 Å². The minimum absolute atomic E-state index is 0.0537. The van der Waals surface area contributed by atoms with Crippen LogP contribution in [-0.4, -0.2) is 68.9 Å². The van der Waals surface area contributed by atoms with E-state index in [0.717, 1.165) is 23.3 Å². The van der Waals surface area contributed by atoms with Crippen molar-refractivity contribution in [3.8, 4) is 11.5 Å². The van der Waals surface area contributed by atoms with Gasteiger partial charge in [-0.05, 0) is 24.3 Å². The number of rotatable bonds is 8. The summed E-state index contributed by atoms with van der Waals surface area (Å²) < 4.78 is 31.0. The molecule has 1 aliphatic heterocycles. The highest BCUT2D eigenvalue weighted by Crippen LogP contribution is 2.31. The lowest BCUT2D eigenvalue weighted by atomic mass is 10.3.